The summed E-state index contributed by atoms with van der Waals surface area (Å²) in [4.78, 5) is 23.8. The van der Waals surface area contributed by atoms with Crippen LogP contribution in [0.1, 0.15) is 29.2 Å². The molecule has 1 aromatic carbocycles. The normalized spacial score (nSPS) is 16.5. The second-order valence-electron chi connectivity index (χ2n) is 7.44. The zero-order valence-electron chi connectivity index (χ0n) is 16.8. The zero-order chi connectivity index (χ0) is 20.4. The molecule has 29 heavy (non-hydrogen) atoms. The molecule has 1 unspecified atom stereocenters. The van der Waals surface area contributed by atoms with Crippen molar-refractivity contribution in [3.8, 4) is 5.75 Å². The lowest BCUT2D eigenvalue weighted by atomic mass is 10.0. The van der Waals surface area contributed by atoms with E-state index in [4.69, 9.17) is 15.6 Å². The first-order valence-electron chi connectivity index (χ1n) is 9.89. The monoisotopic (exact) mass is 394 g/mol. The van der Waals surface area contributed by atoms with Gasteiger partial charge in [0, 0.05) is 43.5 Å². The number of fused-ring (bicyclic) bond motifs is 1. The lowest BCUT2D eigenvalue weighted by molar-refractivity contribution is -0.129. The molecule has 8 nitrogen and oxygen atoms in total. The van der Waals surface area contributed by atoms with Crippen molar-refractivity contribution in [3.63, 3.8) is 0 Å². The standard InChI is InChI=1S/C21H26N6O2/c1-14-3-4-17(29-2)16(11-14)12-18(28)26-9-5-15(13-26)19-20-21(24-8-7-23-20)27(25-19)10-6-22/h3-4,7-8,11,15H,5-6,9-10,12-13,22H2,1-2H3. The van der Waals surface area contributed by atoms with Gasteiger partial charge in [-0.15, -0.1) is 0 Å². The van der Waals surface area contributed by atoms with Crippen LogP contribution in [0.2, 0.25) is 0 Å². The second kappa shape index (κ2) is 8.16. The summed E-state index contributed by atoms with van der Waals surface area (Å²) in [7, 11) is 1.63. The van der Waals surface area contributed by atoms with Crippen molar-refractivity contribution in [2.75, 3.05) is 26.7 Å². The predicted molar refractivity (Wildman–Crippen MR) is 110 cm³/mol. The minimum absolute atomic E-state index is 0.105. The first kappa shape index (κ1) is 19.3. The molecule has 0 spiro atoms. The fourth-order valence-corrected chi connectivity index (χ4v) is 4.01. The number of hydrogen-bond acceptors (Lipinski definition) is 6. The molecule has 4 rings (SSSR count). The highest BCUT2D eigenvalue weighted by Crippen LogP contribution is 2.31. The van der Waals surface area contributed by atoms with Gasteiger partial charge in [-0.05, 0) is 19.4 Å². The molecule has 1 saturated heterocycles. The smallest absolute Gasteiger partial charge is 0.227 e. The number of benzene rings is 1. The minimum Gasteiger partial charge on any atom is -0.496 e. The van der Waals surface area contributed by atoms with Gasteiger partial charge in [0.2, 0.25) is 5.91 Å². The van der Waals surface area contributed by atoms with E-state index in [1.165, 1.54) is 0 Å². The number of carbonyl (C=O) groups excluding carboxylic acids is 1. The Hall–Kier alpha value is -3.00. The van der Waals surface area contributed by atoms with Crippen molar-refractivity contribution < 1.29 is 9.53 Å². The molecule has 1 atom stereocenters. The van der Waals surface area contributed by atoms with Crippen molar-refractivity contribution in [3.05, 3.63) is 47.4 Å². The van der Waals surface area contributed by atoms with Crippen molar-refractivity contribution in [1.29, 1.82) is 0 Å². The van der Waals surface area contributed by atoms with Gasteiger partial charge in [-0.3, -0.25) is 4.79 Å². The fourth-order valence-electron chi connectivity index (χ4n) is 4.01. The molecule has 0 bridgehead atoms. The number of amides is 1. The third-order valence-electron chi connectivity index (χ3n) is 5.44. The van der Waals surface area contributed by atoms with Crippen LogP contribution in [0.15, 0.2) is 30.6 Å². The van der Waals surface area contributed by atoms with Gasteiger partial charge in [0.15, 0.2) is 5.65 Å². The van der Waals surface area contributed by atoms with Gasteiger partial charge in [-0.25, -0.2) is 14.6 Å². The molecular weight excluding hydrogens is 368 g/mol. The van der Waals surface area contributed by atoms with Gasteiger partial charge in [0.1, 0.15) is 11.3 Å². The Morgan fingerprint density at radius 2 is 2.14 bits per heavy atom. The van der Waals surface area contributed by atoms with E-state index in [2.05, 4.69) is 9.97 Å². The van der Waals surface area contributed by atoms with Crippen molar-refractivity contribution in [2.24, 2.45) is 5.73 Å². The first-order valence-corrected chi connectivity index (χ1v) is 9.89. The van der Waals surface area contributed by atoms with Gasteiger partial charge in [-0.2, -0.15) is 5.10 Å². The topological polar surface area (TPSA) is 99.2 Å². The molecule has 3 heterocycles. The van der Waals surface area contributed by atoms with E-state index >= 15 is 0 Å². The molecule has 0 radical (unpaired) electrons. The van der Waals surface area contributed by atoms with Crippen LogP contribution in [0.5, 0.6) is 5.75 Å². The summed E-state index contributed by atoms with van der Waals surface area (Å²) in [6.07, 6.45) is 4.55. The third-order valence-corrected chi connectivity index (χ3v) is 5.44. The summed E-state index contributed by atoms with van der Waals surface area (Å²) < 4.78 is 7.24. The van der Waals surface area contributed by atoms with Crippen LogP contribution >= 0.6 is 0 Å². The van der Waals surface area contributed by atoms with Crippen molar-refractivity contribution in [2.45, 2.75) is 32.2 Å². The van der Waals surface area contributed by atoms with Crippen LogP contribution in [-0.4, -0.2) is 57.3 Å². The van der Waals surface area contributed by atoms with E-state index in [0.717, 1.165) is 40.2 Å². The van der Waals surface area contributed by atoms with Gasteiger partial charge in [0.05, 0.1) is 25.8 Å². The first-order chi connectivity index (χ1) is 14.1. The molecule has 0 aliphatic carbocycles. The van der Waals surface area contributed by atoms with Crippen LogP contribution in [-0.2, 0) is 17.8 Å². The summed E-state index contributed by atoms with van der Waals surface area (Å²) >= 11 is 0. The van der Waals surface area contributed by atoms with E-state index in [9.17, 15) is 4.79 Å². The summed E-state index contributed by atoms with van der Waals surface area (Å²) in [5, 5.41) is 4.73. The van der Waals surface area contributed by atoms with E-state index in [0.29, 0.717) is 32.6 Å². The van der Waals surface area contributed by atoms with E-state index in [1.54, 1.807) is 19.5 Å². The number of nitrogens with zero attached hydrogens (tertiary/aromatic N) is 5. The van der Waals surface area contributed by atoms with Gasteiger partial charge < -0.3 is 15.4 Å². The molecule has 3 aromatic rings. The highest BCUT2D eigenvalue weighted by molar-refractivity contribution is 5.80. The number of rotatable bonds is 6. The maximum atomic E-state index is 12.9. The number of aromatic nitrogens is 4. The molecule has 1 aliphatic heterocycles. The summed E-state index contributed by atoms with van der Waals surface area (Å²) in [5.41, 5.74) is 10.2. The maximum Gasteiger partial charge on any atom is 0.227 e. The van der Waals surface area contributed by atoms with Crippen molar-refractivity contribution in [1.82, 2.24) is 24.6 Å². The molecule has 2 N–H and O–H groups in total. The quantitative estimate of drug-likeness (QED) is 0.683. The molecule has 1 aliphatic rings. The minimum atomic E-state index is 0.105. The average Bonchev–Trinajstić information content (AvgIpc) is 3.34. The molecule has 0 saturated carbocycles. The second-order valence-corrected chi connectivity index (χ2v) is 7.44. The lowest BCUT2D eigenvalue weighted by Gasteiger charge is -2.17. The van der Waals surface area contributed by atoms with E-state index in [1.807, 2.05) is 34.7 Å². The number of aryl methyl sites for hydroxylation is 1. The Labute approximate surface area is 169 Å². The Bertz CT molecular complexity index is 1030. The highest BCUT2D eigenvalue weighted by Gasteiger charge is 2.31. The number of methoxy groups -OCH3 is 1. The van der Waals surface area contributed by atoms with Crippen LogP contribution in [0, 0.1) is 6.92 Å². The SMILES string of the molecule is COc1ccc(C)cc1CC(=O)N1CCC(c2nn(CCN)c3nccnc23)C1. The van der Waals surface area contributed by atoms with E-state index in [-0.39, 0.29) is 11.8 Å². The summed E-state index contributed by atoms with van der Waals surface area (Å²) in [6.45, 7) is 4.45. The van der Waals surface area contributed by atoms with Gasteiger partial charge >= 0.3 is 0 Å². The Kier molecular flexibility index (Phi) is 5.44. The van der Waals surface area contributed by atoms with Crippen LogP contribution < -0.4 is 10.5 Å². The van der Waals surface area contributed by atoms with Crippen molar-refractivity contribution >= 4 is 17.1 Å². The van der Waals surface area contributed by atoms with Crippen LogP contribution in [0.25, 0.3) is 11.2 Å². The Morgan fingerprint density at radius 3 is 2.93 bits per heavy atom. The third kappa shape index (κ3) is 3.80. The number of likely N-dealkylation sites (tertiary alicyclic amines) is 1. The molecule has 1 amide bonds. The number of ether oxygens (including phenoxy) is 1. The molecule has 152 valence electrons. The van der Waals surface area contributed by atoms with Crippen LogP contribution in [0.4, 0.5) is 0 Å². The predicted octanol–water partition coefficient (Wildman–Crippen LogP) is 1.66. The van der Waals surface area contributed by atoms with Gasteiger partial charge in [0.25, 0.3) is 0 Å². The average molecular weight is 394 g/mol. The number of nitrogens with two attached hydrogens (primary N) is 1. The molecule has 1 fully saturated rings. The zero-order valence-corrected chi connectivity index (χ0v) is 16.8. The van der Waals surface area contributed by atoms with Gasteiger partial charge in [-0.1, -0.05) is 17.7 Å². The van der Waals surface area contributed by atoms with Crippen LogP contribution in [0.3, 0.4) is 0 Å². The maximum absolute atomic E-state index is 12.9. The highest BCUT2D eigenvalue weighted by atomic mass is 16.5. The molecule has 2 aromatic heterocycles. The molecular formula is C21H26N6O2. The number of carbonyl (C=O) groups is 1. The van der Waals surface area contributed by atoms with E-state index < -0.39 is 0 Å². The fraction of sp³-hybridized carbons (Fsp3) is 0.429. The molecule has 8 heteroatoms. The summed E-state index contributed by atoms with van der Waals surface area (Å²) in [6, 6.07) is 5.92. The number of hydrogen-bond donors (Lipinski definition) is 1. The lowest BCUT2D eigenvalue weighted by Crippen LogP contribution is -2.30. The Morgan fingerprint density at radius 1 is 1.31 bits per heavy atom. The Balaban J connectivity index is 1.52. The largest absolute Gasteiger partial charge is 0.496 e. The summed E-state index contributed by atoms with van der Waals surface area (Å²) in [5.74, 6) is 1.01.